The Labute approximate surface area is 173 Å². The van der Waals surface area contributed by atoms with Crippen LogP contribution in [-0.4, -0.2) is 7.11 Å². The van der Waals surface area contributed by atoms with Crippen LogP contribution < -0.4 is 10.5 Å². The van der Waals surface area contributed by atoms with Crippen LogP contribution in [0.3, 0.4) is 0 Å². The van der Waals surface area contributed by atoms with Crippen molar-refractivity contribution in [2.24, 2.45) is 0 Å². The van der Waals surface area contributed by atoms with Gasteiger partial charge in [0.15, 0.2) is 5.75 Å². The molecule has 0 saturated heterocycles. The zero-order valence-electron chi connectivity index (χ0n) is 14.6. The molecule has 1 aromatic heterocycles. The summed E-state index contributed by atoms with van der Waals surface area (Å²) in [6.07, 6.45) is 0. The van der Waals surface area contributed by atoms with E-state index in [2.05, 4.69) is 76.0 Å². The molecule has 132 valence electrons. The summed E-state index contributed by atoms with van der Waals surface area (Å²) in [6, 6.07) is 12.6. The Balaban J connectivity index is 2.23. The summed E-state index contributed by atoms with van der Waals surface area (Å²) in [5.41, 5.74) is 10.5. The SMILES string of the molecule is COc1c(N)cc(-c2c3ccccc3c(Br)c3sc(C)c(C)c23)cc1Br. The van der Waals surface area contributed by atoms with Gasteiger partial charge >= 0.3 is 0 Å². The molecule has 1 heterocycles. The molecule has 2 nitrogen and oxygen atoms in total. The van der Waals surface area contributed by atoms with Crippen LogP contribution in [0.4, 0.5) is 5.69 Å². The fourth-order valence-electron chi connectivity index (χ4n) is 3.51. The number of thiophene rings is 1. The lowest BCUT2D eigenvalue weighted by Crippen LogP contribution is -1.95. The molecule has 0 radical (unpaired) electrons. The van der Waals surface area contributed by atoms with E-state index in [0.717, 1.165) is 14.5 Å². The zero-order valence-corrected chi connectivity index (χ0v) is 18.6. The number of halogens is 2. The lowest BCUT2D eigenvalue weighted by Gasteiger charge is -2.15. The summed E-state index contributed by atoms with van der Waals surface area (Å²) in [5, 5.41) is 3.71. The molecular formula is C21H17Br2NOS. The van der Waals surface area contributed by atoms with Gasteiger partial charge in [-0.25, -0.2) is 0 Å². The summed E-state index contributed by atoms with van der Waals surface area (Å²) >= 11 is 9.29. The summed E-state index contributed by atoms with van der Waals surface area (Å²) in [5.74, 6) is 0.671. The van der Waals surface area contributed by atoms with Gasteiger partial charge in [-0.1, -0.05) is 24.3 Å². The number of rotatable bonds is 2. The molecule has 0 fully saturated rings. The highest BCUT2D eigenvalue weighted by molar-refractivity contribution is 9.11. The van der Waals surface area contributed by atoms with E-state index in [-0.39, 0.29) is 0 Å². The molecule has 0 aliphatic carbocycles. The average Bonchev–Trinajstić information content (AvgIpc) is 2.91. The topological polar surface area (TPSA) is 35.2 Å². The molecule has 5 heteroatoms. The Kier molecular flexibility index (Phi) is 4.49. The summed E-state index contributed by atoms with van der Waals surface area (Å²) in [4.78, 5) is 1.33. The van der Waals surface area contributed by atoms with Gasteiger partial charge in [-0.15, -0.1) is 11.3 Å². The van der Waals surface area contributed by atoms with Crippen molar-refractivity contribution in [2.75, 3.05) is 12.8 Å². The predicted octanol–water partition coefficient (Wildman–Crippen LogP) is 7.45. The monoisotopic (exact) mass is 489 g/mol. The van der Waals surface area contributed by atoms with E-state index < -0.39 is 0 Å². The maximum Gasteiger partial charge on any atom is 0.155 e. The maximum absolute atomic E-state index is 6.27. The minimum Gasteiger partial charge on any atom is -0.493 e. The Morgan fingerprint density at radius 1 is 1.04 bits per heavy atom. The van der Waals surface area contributed by atoms with Crippen molar-refractivity contribution in [3.05, 3.63) is 55.8 Å². The minimum atomic E-state index is 0.627. The van der Waals surface area contributed by atoms with Crippen LogP contribution in [0.15, 0.2) is 45.3 Å². The normalized spacial score (nSPS) is 11.4. The Hall–Kier alpha value is -1.56. The van der Waals surface area contributed by atoms with E-state index in [1.807, 2.05) is 17.4 Å². The van der Waals surface area contributed by atoms with Crippen molar-refractivity contribution in [2.45, 2.75) is 13.8 Å². The number of benzene rings is 3. The van der Waals surface area contributed by atoms with Crippen molar-refractivity contribution < 1.29 is 4.74 Å². The number of nitrogen functional groups attached to an aromatic ring is 1. The molecule has 26 heavy (non-hydrogen) atoms. The van der Waals surface area contributed by atoms with E-state index in [1.165, 1.54) is 36.9 Å². The van der Waals surface area contributed by atoms with Crippen LogP contribution in [-0.2, 0) is 0 Å². The second-order valence-electron chi connectivity index (χ2n) is 6.30. The van der Waals surface area contributed by atoms with Gasteiger partial charge in [0.1, 0.15) is 0 Å². The standard InChI is InChI=1S/C21H17Br2NOS/c1-10-11(2)26-21-17(10)18(13-6-4-5-7-14(13)19(21)23)12-8-15(22)20(25-3)16(24)9-12/h4-9H,24H2,1-3H3. The van der Waals surface area contributed by atoms with Gasteiger partial charge in [-0.2, -0.15) is 0 Å². The minimum absolute atomic E-state index is 0.627. The van der Waals surface area contributed by atoms with Crippen LogP contribution in [0.1, 0.15) is 10.4 Å². The molecule has 0 amide bonds. The van der Waals surface area contributed by atoms with Crippen molar-refractivity contribution in [1.29, 1.82) is 0 Å². The third-order valence-corrected chi connectivity index (χ3v) is 7.73. The first-order valence-electron chi connectivity index (χ1n) is 8.17. The van der Waals surface area contributed by atoms with Crippen LogP contribution in [0.2, 0.25) is 0 Å². The molecule has 0 aliphatic rings. The lowest BCUT2D eigenvalue weighted by molar-refractivity contribution is 0.414. The molecule has 0 bridgehead atoms. The highest BCUT2D eigenvalue weighted by Gasteiger charge is 2.20. The van der Waals surface area contributed by atoms with Crippen molar-refractivity contribution >= 4 is 69.7 Å². The van der Waals surface area contributed by atoms with Gasteiger partial charge in [-0.3, -0.25) is 0 Å². The summed E-state index contributed by atoms with van der Waals surface area (Å²) in [7, 11) is 1.63. The first-order valence-corrected chi connectivity index (χ1v) is 10.6. The molecule has 0 unspecified atom stereocenters. The van der Waals surface area contributed by atoms with Crippen LogP contribution in [0, 0.1) is 13.8 Å². The molecule has 3 aromatic carbocycles. The van der Waals surface area contributed by atoms with Crippen molar-refractivity contribution in [3.8, 4) is 16.9 Å². The fraction of sp³-hybridized carbons (Fsp3) is 0.143. The Morgan fingerprint density at radius 3 is 2.38 bits per heavy atom. The van der Waals surface area contributed by atoms with Crippen LogP contribution >= 0.6 is 43.2 Å². The number of fused-ring (bicyclic) bond motifs is 2. The lowest BCUT2D eigenvalue weighted by atomic mass is 9.92. The van der Waals surface area contributed by atoms with E-state index in [0.29, 0.717) is 11.4 Å². The first-order chi connectivity index (χ1) is 12.4. The molecule has 2 N–H and O–H groups in total. The van der Waals surface area contributed by atoms with Crippen LogP contribution in [0.5, 0.6) is 5.75 Å². The molecule has 4 rings (SSSR count). The first kappa shape index (κ1) is 17.8. The predicted molar refractivity (Wildman–Crippen MR) is 121 cm³/mol. The number of nitrogens with two attached hydrogens (primary N) is 1. The van der Waals surface area contributed by atoms with Gasteiger partial charge in [-0.05, 0) is 85.3 Å². The third-order valence-electron chi connectivity index (χ3n) is 4.83. The van der Waals surface area contributed by atoms with Gasteiger partial charge in [0, 0.05) is 14.7 Å². The number of aryl methyl sites for hydroxylation is 2. The molecule has 0 spiro atoms. The zero-order chi connectivity index (χ0) is 18.6. The second kappa shape index (κ2) is 6.55. The average molecular weight is 491 g/mol. The largest absolute Gasteiger partial charge is 0.493 e. The fourth-order valence-corrected chi connectivity index (χ4v) is 6.05. The Bertz CT molecular complexity index is 1160. The van der Waals surface area contributed by atoms with Gasteiger partial charge in [0.05, 0.1) is 22.0 Å². The van der Waals surface area contributed by atoms with Crippen molar-refractivity contribution in [3.63, 3.8) is 0 Å². The number of ether oxygens (including phenoxy) is 1. The van der Waals surface area contributed by atoms with Gasteiger partial charge < -0.3 is 10.5 Å². The van der Waals surface area contributed by atoms with Gasteiger partial charge in [0.25, 0.3) is 0 Å². The quantitative estimate of drug-likeness (QED) is 0.296. The number of methoxy groups -OCH3 is 1. The molecule has 4 aromatic rings. The van der Waals surface area contributed by atoms with Crippen LogP contribution in [0.25, 0.3) is 32.0 Å². The molecular weight excluding hydrogens is 474 g/mol. The summed E-state index contributed by atoms with van der Waals surface area (Å²) < 4.78 is 8.71. The highest BCUT2D eigenvalue weighted by Crippen LogP contribution is 2.48. The second-order valence-corrected chi connectivity index (χ2v) is 9.17. The molecule has 0 saturated carbocycles. The smallest absolute Gasteiger partial charge is 0.155 e. The summed E-state index contributed by atoms with van der Waals surface area (Å²) in [6.45, 7) is 4.37. The number of anilines is 1. The van der Waals surface area contributed by atoms with E-state index in [9.17, 15) is 0 Å². The van der Waals surface area contributed by atoms with Gasteiger partial charge in [0.2, 0.25) is 0 Å². The number of hydrogen-bond donors (Lipinski definition) is 1. The van der Waals surface area contributed by atoms with E-state index in [1.54, 1.807) is 7.11 Å². The molecule has 0 aliphatic heterocycles. The number of hydrogen-bond acceptors (Lipinski definition) is 3. The Morgan fingerprint density at radius 2 is 1.73 bits per heavy atom. The molecule has 0 atom stereocenters. The third kappa shape index (κ3) is 2.56. The van der Waals surface area contributed by atoms with E-state index in [4.69, 9.17) is 10.5 Å². The van der Waals surface area contributed by atoms with Crippen molar-refractivity contribution in [1.82, 2.24) is 0 Å². The maximum atomic E-state index is 6.27. The van der Waals surface area contributed by atoms with E-state index >= 15 is 0 Å². The highest BCUT2D eigenvalue weighted by atomic mass is 79.9.